The van der Waals surface area contributed by atoms with Crippen molar-refractivity contribution < 1.29 is 19.7 Å². The highest BCUT2D eigenvalue weighted by Crippen LogP contribution is 2.19. The van der Waals surface area contributed by atoms with Crippen LogP contribution >= 0.6 is 0 Å². The third-order valence-corrected chi connectivity index (χ3v) is 3.31. The molecule has 1 aromatic carbocycles. The van der Waals surface area contributed by atoms with Gasteiger partial charge in [-0.25, -0.2) is 0 Å². The van der Waals surface area contributed by atoms with Crippen LogP contribution in [0, 0.1) is 0 Å². The number of hydrogen-bond donors (Lipinski definition) is 3. The van der Waals surface area contributed by atoms with Gasteiger partial charge in [0.05, 0.1) is 6.04 Å². The average molecular weight is 265 g/mol. The van der Waals surface area contributed by atoms with Gasteiger partial charge in [-0.2, -0.15) is 0 Å². The quantitative estimate of drug-likeness (QED) is 0.694. The Hall–Kier alpha value is -1.59. The molecule has 1 saturated heterocycles. The van der Waals surface area contributed by atoms with Crippen molar-refractivity contribution in [2.45, 2.75) is 38.0 Å². The highest BCUT2D eigenvalue weighted by molar-refractivity contribution is 5.69. The molecule has 3 atom stereocenters. The van der Waals surface area contributed by atoms with Gasteiger partial charge in [-0.1, -0.05) is 19.1 Å². The third kappa shape index (κ3) is 3.45. The van der Waals surface area contributed by atoms with Crippen molar-refractivity contribution in [3.05, 3.63) is 29.8 Å². The minimum atomic E-state index is -0.669. The number of benzene rings is 1. The Morgan fingerprint density at radius 2 is 2.11 bits per heavy atom. The molecule has 1 heterocycles. The third-order valence-electron chi connectivity index (χ3n) is 3.31. The predicted octanol–water partition coefficient (Wildman–Crippen LogP) is 0.589. The van der Waals surface area contributed by atoms with Gasteiger partial charge in [0.25, 0.3) is 0 Å². The Kier molecular flexibility index (Phi) is 4.39. The first-order valence-corrected chi connectivity index (χ1v) is 6.49. The molecule has 0 amide bonds. The fraction of sp³-hybridized carbons (Fsp3) is 0.500. The number of β-amino-alcohol motifs (C(OH)–C–C–N with tert-alkyl or cyclic N) is 1. The number of hydrogen-bond acceptors (Lipinski definition) is 5. The van der Waals surface area contributed by atoms with E-state index in [-0.39, 0.29) is 17.8 Å². The zero-order chi connectivity index (χ0) is 13.8. The Balaban J connectivity index is 2.01. The molecular weight excluding hydrogens is 246 g/mol. The number of aliphatic hydroxyl groups excluding tert-OH is 1. The minimum absolute atomic E-state index is 0.102. The summed E-state index contributed by atoms with van der Waals surface area (Å²) in [6.45, 7) is 2.15. The molecule has 0 bridgehead atoms. The highest BCUT2D eigenvalue weighted by atomic mass is 16.6. The molecule has 0 spiro atoms. The summed E-state index contributed by atoms with van der Waals surface area (Å²) in [4.78, 5) is 11.4. The minimum Gasteiger partial charge on any atom is -0.508 e. The molecule has 1 aromatic rings. The summed E-state index contributed by atoms with van der Waals surface area (Å²) in [6.07, 6.45) is -0.243. The number of nitrogens with one attached hydrogen (secondary N) is 1. The Morgan fingerprint density at radius 1 is 1.42 bits per heavy atom. The lowest BCUT2D eigenvalue weighted by Crippen LogP contribution is -2.38. The van der Waals surface area contributed by atoms with E-state index in [0.29, 0.717) is 19.4 Å². The molecule has 1 fully saturated rings. The second-order valence-electron chi connectivity index (χ2n) is 4.76. The summed E-state index contributed by atoms with van der Waals surface area (Å²) in [5.74, 6) is -0.0828. The fourth-order valence-electron chi connectivity index (χ4n) is 2.24. The molecule has 19 heavy (non-hydrogen) atoms. The van der Waals surface area contributed by atoms with Gasteiger partial charge in [-0.3, -0.25) is 4.79 Å². The maximum atomic E-state index is 11.4. The molecule has 104 valence electrons. The van der Waals surface area contributed by atoms with Crippen molar-refractivity contribution in [2.75, 3.05) is 6.54 Å². The zero-order valence-corrected chi connectivity index (χ0v) is 10.9. The SMILES string of the molecule is CCC(=O)O[C@H]1[C@H](O)CN[C@@H]1Cc1ccc(O)cc1. The molecule has 1 aliphatic heterocycles. The Labute approximate surface area is 112 Å². The summed E-state index contributed by atoms with van der Waals surface area (Å²) in [7, 11) is 0. The van der Waals surface area contributed by atoms with Crippen LogP contribution in [0.2, 0.25) is 0 Å². The summed E-state index contributed by atoms with van der Waals surface area (Å²) in [5, 5.41) is 22.2. The lowest BCUT2D eigenvalue weighted by Gasteiger charge is -2.21. The molecule has 0 radical (unpaired) electrons. The van der Waals surface area contributed by atoms with Gasteiger partial charge >= 0.3 is 5.97 Å². The number of ether oxygens (including phenoxy) is 1. The van der Waals surface area contributed by atoms with E-state index in [4.69, 9.17) is 4.74 Å². The molecule has 5 nitrogen and oxygen atoms in total. The lowest BCUT2D eigenvalue weighted by atomic mass is 10.0. The average Bonchev–Trinajstić information content (AvgIpc) is 2.74. The zero-order valence-electron chi connectivity index (χ0n) is 10.9. The first-order valence-electron chi connectivity index (χ1n) is 6.49. The number of aromatic hydroxyl groups is 1. The van der Waals surface area contributed by atoms with E-state index in [1.54, 1.807) is 19.1 Å². The standard InChI is InChI=1S/C14H19NO4/c1-2-13(18)19-14-11(15-8-12(14)17)7-9-3-5-10(16)6-4-9/h3-6,11-12,14-17H,2,7-8H2,1H3/t11-,12-,14-/m1/s1. The normalized spacial score (nSPS) is 26.3. The van der Waals surface area contributed by atoms with Crippen LogP contribution in [-0.2, 0) is 16.0 Å². The largest absolute Gasteiger partial charge is 0.508 e. The van der Waals surface area contributed by atoms with Crippen LogP contribution < -0.4 is 5.32 Å². The van der Waals surface area contributed by atoms with E-state index in [0.717, 1.165) is 5.56 Å². The van der Waals surface area contributed by atoms with Crippen LogP contribution in [0.1, 0.15) is 18.9 Å². The first kappa shape index (κ1) is 13.8. The molecule has 0 unspecified atom stereocenters. The first-order chi connectivity index (χ1) is 9.10. The molecule has 3 N–H and O–H groups in total. The van der Waals surface area contributed by atoms with E-state index in [9.17, 15) is 15.0 Å². The number of phenolic OH excluding ortho intramolecular Hbond substituents is 1. The maximum absolute atomic E-state index is 11.4. The van der Waals surface area contributed by atoms with Gasteiger partial charge in [0.15, 0.2) is 0 Å². The summed E-state index contributed by atoms with van der Waals surface area (Å²) < 4.78 is 5.28. The van der Waals surface area contributed by atoms with E-state index < -0.39 is 12.2 Å². The number of carbonyl (C=O) groups is 1. The number of aliphatic hydroxyl groups is 1. The van der Waals surface area contributed by atoms with Gasteiger partial charge in [0.1, 0.15) is 18.0 Å². The molecule has 0 aliphatic carbocycles. The van der Waals surface area contributed by atoms with Gasteiger partial charge < -0.3 is 20.3 Å². The van der Waals surface area contributed by atoms with Crippen LogP contribution in [0.4, 0.5) is 0 Å². The van der Waals surface area contributed by atoms with Crippen LogP contribution in [0.15, 0.2) is 24.3 Å². The van der Waals surface area contributed by atoms with E-state index in [1.807, 2.05) is 12.1 Å². The second-order valence-corrected chi connectivity index (χ2v) is 4.76. The molecule has 2 rings (SSSR count). The number of esters is 1. The molecular formula is C14H19NO4. The smallest absolute Gasteiger partial charge is 0.305 e. The number of carbonyl (C=O) groups excluding carboxylic acids is 1. The second kappa shape index (κ2) is 6.04. The number of rotatable bonds is 4. The Morgan fingerprint density at radius 3 is 2.74 bits per heavy atom. The van der Waals surface area contributed by atoms with Crippen molar-refractivity contribution in [2.24, 2.45) is 0 Å². The van der Waals surface area contributed by atoms with Gasteiger partial charge in [-0.05, 0) is 24.1 Å². The molecule has 5 heteroatoms. The fourth-order valence-corrected chi connectivity index (χ4v) is 2.24. The van der Waals surface area contributed by atoms with Crippen LogP contribution in [0.25, 0.3) is 0 Å². The van der Waals surface area contributed by atoms with Gasteiger partial charge in [0.2, 0.25) is 0 Å². The monoisotopic (exact) mass is 265 g/mol. The highest BCUT2D eigenvalue weighted by Gasteiger charge is 2.37. The van der Waals surface area contributed by atoms with Crippen molar-refractivity contribution in [3.8, 4) is 5.75 Å². The lowest BCUT2D eigenvalue weighted by molar-refractivity contribution is -0.153. The van der Waals surface area contributed by atoms with Crippen LogP contribution in [0.5, 0.6) is 5.75 Å². The van der Waals surface area contributed by atoms with E-state index in [1.165, 1.54) is 0 Å². The van der Waals surface area contributed by atoms with Crippen molar-refractivity contribution >= 4 is 5.97 Å². The summed E-state index contributed by atoms with van der Waals surface area (Å²) in [6, 6.07) is 6.78. The molecule has 1 aliphatic rings. The molecule has 0 saturated carbocycles. The van der Waals surface area contributed by atoms with E-state index in [2.05, 4.69) is 5.32 Å². The van der Waals surface area contributed by atoms with Crippen LogP contribution in [-0.4, -0.2) is 41.0 Å². The maximum Gasteiger partial charge on any atom is 0.305 e. The van der Waals surface area contributed by atoms with Gasteiger partial charge in [0, 0.05) is 13.0 Å². The van der Waals surface area contributed by atoms with Crippen molar-refractivity contribution in [1.29, 1.82) is 0 Å². The van der Waals surface area contributed by atoms with Crippen molar-refractivity contribution in [1.82, 2.24) is 5.32 Å². The van der Waals surface area contributed by atoms with Crippen LogP contribution in [0.3, 0.4) is 0 Å². The Bertz CT molecular complexity index is 432. The van der Waals surface area contributed by atoms with Crippen molar-refractivity contribution in [3.63, 3.8) is 0 Å². The topological polar surface area (TPSA) is 78.8 Å². The summed E-state index contributed by atoms with van der Waals surface area (Å²) in [5.41, 5.74) is 1.02. The van der Waals surface area contributed by atoms with E-state index >= 15 is 0 Å². The van der Waals surface area contributed by atoms with Gasteiger partial charge in [-0.15, -0.1) is 0 Å². The number of phenols is 1. The predicted molar refractivity (Wildman–Crippen MR) is 69.8 cm³/mol. The summed E-state index contributed by atoms with van der Waals surface area (Å²) >= 11 is 0. The molecule has 0 aromatic heterocycles.